The maximum Gasteiger partial charge on any atom is 0.244 e. The molecule has 1 aliphatic carbocycles. The fraction of sp³-hybridized carbons (Fsp3) is 0.355. The van der Waals surface area contributed by atoms with Crippen LogP contribution in [0.4, 0.5) is 5.69 Å². The van der Waals surface area contributed by atoms with Gasteiger partial charge in [0.05, 0.1) is 27.0 Å². The van der Waals surface area contributed by atoms with Crippen LogP contribution in [0.2, 0.25) is 20.1 Å². The van der Waals surface area contributed by atoms with Gasteiger partial charge >= 0.3 is 0 Å². The average molecular weight is 686 g/mol. The molecule has 0 aliphatic heterocycles. The molecule has 0 spiro atoms. The summed E-state index contributed by atoms with van der Waals surface area (Å²) in [6.45, 7) is -0.663. The Bertz CT molecular complexity index is 1550. The summed E-state index contributed by atoms with van der Waals surface area (Å²) in [6.07, 6.45) is 6.06. The third-order valence-electron chi connectivity index (χ3n) is 7.46. The maximum absolute atomic E-state index is 14.3. The van der Waals surface area contributed by atoms with E-state index in [0.29, 0.717) is 10.6 Å². The van der Waals surface area contributed by atoms with E-state index in [1.54, 1.807) is 24.3 Å². The van der Waals surface area contributed by atoms with Gasteiger partial charge in [0.1, 0.15) is 12.6 Å². The molecule has 0 bridgehead atoms. The summed E-state index contributed by atoms with van der Waals surface area (Å²) in [5.74, 6) is -0.929. The predicted octanol–water partition coefficient (Wildman–Crippen LogP) is 7.16. The zero-order valence-corrected chi connectivity index (χ0v) is 27.5. The highest BCUT2D eigenvalue weighted by molar-refractivity contribution is 7.92. The van der Waals surface area contributed by atoms with E-state index in [0.717, 1.165) is 48.2 Å². The first kappa shape index (κ1) is 33.4. The average Bonchev–Trinajstić information content (AvgIpc) is 2.97. The summed E-state index contributed by atoms with van der Waals surface area (Å²) in [7, 11) is -4.03. The van der Waals surface area contributed by atoms with Gasteiger partial charge in [-0.1, -0.05) is 114 Å². The third kappa shape index (κ3) is 9.02. The monoisotopic (exact) mass is 683 g/mol. The van der Waals surface area contributed by atoms with Crippen molar-refractivity contribution in [1.29, 1.82) is 0 Å². The Hall–Kier alpha value is -2.49. The lowest BCUT2D eigenvalue weighted by atomic mass is 9.94. The Morgan fingerprint density at radius 1 is 0.860 bits per heavy atom. The summed E-state index contributed by atoms with van der Waals surface area (Å²) in [5.41, 5.74) is 1.45. The lowest BCUT2D eigenvalue weighted by molar-refractivity contribution is -0.140. The molecule has 230 valence electrons. The number of halogens is 4. The van der Waals surface area contributed by atoms with Crippen molar-refractivity contribution in [1.82, 2.24) is 10.2 Å². The zero-order valence-electron chi connectivity index (χ0n) is 23.6. The van der Waals surface area contributed by atoms with Crippen molar-refractivity contribution >= 4 is 73.9 Å². The van der Waals surface area contributed by atoms with E-state index in [2.05, 4.69) is 5.32 Å². The molecule has 3 aromatic carbocycles. The second kappa shape index (κ2) is 15.0. The van der Waals surface area contributed by atoms with E-state index in [9.17, 15) is 18.0 Å². The molecular weight excluding hydrogens is 652 g/mol. The number of hydrogen-bond acceptors (Lipinski definition) is 4. The molecule has 1 unspecified atom stereocenters. The number of rotatable bonds is 11. The topological polar surface area (TPSA) is 86.8 Å². The van der Waals surface area contributed by atoms with E-state index in [4.69, 9.17) is 46.4 Å². The maximum atomic E-state index is 14.3. The van der Waals surface area contributed by atoms with E-state index in [1.807, 2.05) is 30.3 Å². The predicted molar refractivity (Wildman–Crippen MR) is 175 cm³/mol. The molecule has 1 saturated carbocycles. The largest absolute Gasteiger partial charge is 0.352 e. The van der Waals surface area contributed by atoms with Gasteiger partial charge in [0.25, 0.3) is 0 Å². The molecule has 7 nitrogen and oxygen atoms in total. The van der Waals surface area contributed by atoms with Crippen LogP contribution >= 0.6 is 46.4 Å². The Labute approximate surface area is 273 Å². The highest BCUT2D eigenvalue weighted by atomic mass is 35.5. The molecule has 43 heavy (non-hydrogen) atoms. The minimum Gasteiger partial charge on any atom is -0.352 e. The number of carbonyl (C=O) groups excluding carboxylic acids is 2. The standard InChI is InChI=1S/C31H33Cl4N3O4S/c1-43(41,42)38(28-18-26(34)25(33)17-27(28)35)20-30(39)37(19-22-12-8-9-15-24(22)32)29(16-21-10-4-2-5-11-21)31(40)36-23-13-6-3-7-14-23/h2,4-5,8-12,15,17-18,23,29H,3,6-7,13-14,16,19-20H2,1H3,(H,36,40). The Balaban J connectivity index is 1.76. The van der Waals surface area contributed by atoms with Crippen molar-refractivity contribution in [2.24, 2.45) is 0 Å². The summed E-state index contributed by atoms with van der Waals surface area (Å²) in [5, 5.41) is 3.79. The van der Waals surface area contributed by atoms with Crippen LogP contribution in [-0.4, -0.2) is 50.0 Å². The van der Waals surface area contributed by atoms with Gasteiger partial charge in [0.15, 0.2) is 0 Å². The molecular formula is C31H33Cl4N3O4S. The number of benzene rings is 3. The molecule has 12 heteroatoms. The first-order valence-electron chi connectivity index (χ1n) is 13.9. The Morgan fingerprint density at radius 2 is 1.49 bits per heavy atom. The molecule has 0 radical (unpaired) electrons. The van der Waals surface area contributed by atoms with Gasteiger partial charge in [-0.25, -0.2) is 8.42 Å². The fourth-order valence-electron chi connectivity index (χ4n) is 5.21. The number of sulfonamides is 1. The number of nitrogens with zero attached hydrogens (tertiary/aromatic N) is 2. The summed E-state index contributed by atoms with van der Waals surface area (Å²) >= 11 is 25.2. The molecule has 0 aromatic heterocycles. The van der Waals surface area contributed by atoms with E-state index >= 15 is 0 Å². The van der Waals surface area contributed by atoms with Crippen molar-refractivity contribution in [2.75, 3.05) is 17.1 Å². The van der Waals surface area contributed by atoms with Crippen LogP contribution < -0.4 is 9.62 Å². The molecule has 3 aromatic rings. The highest BCUT2D eigenvalue weighted by Gasteiger charge is 2.35. The number of anilines is 1. The second-order valence-electron chi connectivity index (χ2n) is 10.6. The fourth-order valence-corrected chi connectivity index (χ4v) is 6.95. The van der Waals surface area contributed by atoms with E-state index in [-0.39, 0.29) is 45.7 Å². The van der Waals surface area contributed by atoms with Crippen LogP contribution in [0, 0.1) is 0 Å². The summed E-state index contributed by atoms with van der Waals surface area (Å²) in [4.78, 5) is 29.7. The highest BCUT2D eigenvalue weighted by Crippen LogP contribution is 2.36. The summed E-state index contributed by atoms with van der Waals surface area (Å²) in [6, 6.07) is 18.1. The van der Waals surface area contributed by atoms with Gasteiger partial charge < -0.3 is 10.2 Å². The SMILES string of the molecule is CS(=O)(=O)N(CC(=O)N(Cc1ccccc1Cl)C(Cc1ccccc1)C(=O)NC1CCCCC1)c1cc(Cl)c(Cl)cc1Cl. The number of amides is 2. The van der Waals surface area contributed by atoms with Crippen molar-refractivity contribution in [3.63, 3.8) is 0 Å². The molecule has 0 heterocycles. The smallest absolute Gasteiger partial charge is 0.244 e. The quantitative estimate of drug-likeness (QED) is 0.217. The van der Waals surface area contributed by atoms with Gasteiger partial charge in [-0.3, -0.25) is 13.9 Å². The molecule has 1 aliphatic rings. The van der Waals surface area contributed by atoms with Crippen LogP contribution in [0.25, 0.3) is 0 Å². The van der Waals surface area contributed by atoms with Gasteiger partial charge in [-0.05, 0) is 42.2 Å². The molecule has 4 rings (SSSR count). The number of carbonyl (C=O) groups is 2. The Morgan fingerprint density at radius 3 is 2.14 bits per heavy atom. The van der Waals surface area contributed by atoms with Gasteiger partial charge in [-0.15, -0.1) is 0 Å². The van der Waals surface area contributed by atoms with Gasteiger partial charge in [0, 0.05) is 24.0 Å². The summed E-state index contributed by atoms with van der Waals surface area (Å²) < 4.78 is 26.9. The lowest BCUT2D eigenvalue weighted by Crippen LogP contribution is -2.55. The molecule has 1 N–H and O–H groups in total. The molecule has 0 saturated heterocycles. The second-order valence-corrected chi connectivity index (χ2v) is 14.2. The Kier molecular flexibility index (Phi) is 11.6. The van der Waals surface area contributed by atoms with E-state index in [1.165, 1.54) is 17.0 Å². The molecule has 1 fully saturated rings. The van der Waals surface area contributed by atoms with Gasteiger partial charge in [0.2, 0.25) is 21.8 Å². The number of hydrogen-bond donors (Lipinski definition) is 1. The molecule has 1 atom stereocenters. The minimum atomic E-state index is -4.03. The van der Waals surface area contributed by atoms with Crippen LogP contribution in [0.15, 0.2) is 66.7 Å². The normalized spacial score (nSPS) is 14.6. The minimum absolute atomic E-state index is 0.000627. The van der Waals surface area contributed by atoms with Crippen molar-refractivity contribution in [3.05, 3.63) is 97.9 Å². The van der Waals surface area contributed by atoms with Crippen LogP contribution in [0.5, 0.6) is 0 Å². The van der Waals surface area contributed by atoms with E-state index < -0.39 is 28.5 Å². The van der Waals surface area contributed by atoms with Crippen LogP contribution in [-0.2, 0) is 32.6 Å². The van der Waals surface area contributed by atoms with Crippen LogP contribution in [0.3, 0.4) is 0 Å². The lowest BCUT2D eigenvalue weighted by Gasteiger charge is -2.35. The van der Waals surface area contributed by atoms with Gasteiger partial charge in [-0.2, -0.15) is 0 Å². The van der Waals surface area contributed by atoms with Crippen molar-refractivity contribution < 1.29 is 18.0 Å². The third-order valence-corrected chi connectivity index (χ3v) is 9.98. The van der Waals surface area contributed by atoms with Crippen molar-refractivity contribution in [2.45, 2.75) is 57.2 Å². The first-order chi connectivity index (χ1) is 20.4. The molecule has 2 amide bonds. The van der Waals surface area contributed by atoms with Crippen molar-refractivity contribution in [3.8, 4) is 0 Å². The number of nitrogens with one attached hydrogen (secondary N) is 1. The first-order valence-corrected chi connectivity index (χ1v) is 17.3. The van der Waals surface area contributed by atoms with Crippen LogP contribution in [0.1, 0.15) is 43.2 Å². The zero-order chi connectivity index (χ0) is 31.1.